The molecule has 1 fully saturated rings. The molecule has 6 nitrogen and oxygen atoms in total. The minimum Gasteiger partial charge on any atom is -0.457 e. The van der Waals surface area contributed by atoms with Crippen LogP contribution in [0.1, 0.15) is 15.9 Å². The van der Waals surface area contributed by atoms with Crippen LogP contribution in [0.5, 0.6) is 0 Å². The van der Waals surface area contributed by atoms with Crippen molar-refractivity contribution >= 4 is 27.3 Å². The lowest BCUT2D eigenvalue weighted by molar-refractivity contribution is 0.0473. The quantitative estimate of drug-likeness (QED) is 0.757. The van der Waals surface area contributed by atoms with Crippen molar-refractivity contribution < 1.29 is 22.7 Å². The summed E-state index contributed by atoms with van der Waals surface area (Å²) in [6.45, 7) is 1.52. The van der Waals surface area contributed by atoms with Crippen molar-refractivity contribution in [2.45, 2.75) is 11.5 Å². The molecule has 0 radical (unpaired) electrons. The second-order valence-electron chi connectivity index (χ2n) is 5.25. The van der Waals surface area contributed by atoms with Gasteiger partial charge in [0, 0.05) is 18.5 Å². The molecule has 0 bridgehead atoms. The van der Waals surface area contributed by atoms with Crippen LogP contribution in [0.25, 0.3) is 0 Å². The summed E-state index contributed by atoms with van der Waals surface area (Å²) in [6, 6.07) is 8.17. The summed E-state index contributed by atoms with van der Waals surface area (Å²) in [4.78, 5) is 12.1. The third kappa shape index (κ3) is 3.84. The second-order valence-corrected chi connectivity index (χ2v) is 7.97. The predicted octanol–water partition coefficient (Wildman–Crippen LogP) is 2.13. The molecule has 0 N–H and O–H groups in total. The number of ether oxygens (including phenoxy) is 2. The van der Waals surface area contributed by atoms with E-state index in [-0.39, 0.29) is 11.5 Å². The molecule has 1 saturated heterocycles. The SMILES string of the molecule is O=C(OCc1cccc(S(=O)(=O)N2CCOCC2)c1)c1ccsc1. The normalized spacial score (nSPS) is 16.0. The van der Waals surface area contributed by atoms with Crippen molar-refractivity contribution in [1.82, 2.24) is 4.31 Å². The number of esters is 1. The zero-order valence-electron chi connectivity index (χ0n) is 12.9. The van der Waals surface area contributed by atoms with E-state index >= 15 is 0 Å². The molecule has 1 aliphatic rings. The molecule has 0 amide bonds. The molecular weight excluding hydrogens is 350 g/mol. The van der Waals surface area contributed by atoms with Gasteiger partial charge in [0.2, 0.25) is 10.0 Å². The van der Waals surface area contributed by atoms with E-state index in [1.165, 1.54) is 15.6 Å². The molecule has 0 spiro atoms. The van der Waals surface area contributed by atoms with Gasteiger partial charge in [-0.15, -0.1) is 0 Å². The zero-order chi connectivity index (χ0) is 17.0. The Morgan fingerprint density at radius 1 is 1.25 bits per heavy atom. The fourth-order valence-corrected chi connectivity index (χ4v) is 4.45. The van der Waals surface area contributed by atoms with Crippen LogP contribution in [-0.4, -0.2) is 45.0 Å². The molecule has 0 atom stereocenters. The first-order valence-electron chi connectivity index (χ1n) is 7.43. The summed E-state index contributed by atoms with van der Waals surface area (Å²) in [6.07, 6.45) is 0. The Balaban J connectivity index is 1.70. The van der Waals surface area contributed by atoms with Gasteiger partial charge >= 0.3 is 5.97 Å². The van der Waals surface area contributed by atoms with E-state index in [1.807, 2.05) is 0 Å². The number of carbonyl (C=O) groups excluding carboxylic acids is 1. The Morgan fingerprint density at radius 3 is 2.75 bits per heavy atom. The van der Waals surface area contributed by atoms with Crippen molar-refractivity contribution in [2.24, 2.45) is 0 Å². The Hall–Kier alpha value is -1.74. The Bertz CT molecular complexity index is 796. The summed E-state index contributed by atoms with van der Waals surface area (Å²) in [5.74, 6) is -0.419. The third-order valence-corrected chi connectivity index (χ3v) is 6.21. The maximum atomic E-state index is 12.6. The summed E-state index contributed by atoms with van der Waals surface area (Å²) < 4.78 is 37.1. The molecule has 24 heavy (non-hydrogen) atoms. The summed E-state index contributed by atoms with van der Waals surface area (Å²) in [5.41, 5.74) is 1.13. The van der Waals surface area contributed by atoms with E-state index in [9.17, 15) is 13.2 Å². The fraction of sp³-hybridized carbons (Fsp3) is 0.312. The zero-order valence-corrected chi connectivity index (χ0v) is 14.5. The highest BCUT2D eigenvalue weighted by atomic mass is 32.2. The average Bonchev–Trinajstić information content (AvgIpc) is 3.15. The van der Waals surface area contributed by atoms with Gasteiger partial charge < -0.3 is 9.47 Å². The Labute approximate surface area is 144 Å². The van der Waals surface area contributed by atoms with Gasteiger partial charge in [0.25, 0.3) is 0 Å². The number of hydrogen-bond acceptors (Lipinski definition) is 6. The van der Waals surface area contributed by atoms with Gasteiger partial charge in [0.1, 0.15) is 6.61 Å². The number of nitrogens with zero attached hydrogens (tertiary/aromatic N) is 1. The number of hydrogen-bond donors (Lipinski definition) is 0. The highest BCUT2D eigenvalue weighted by Gasteiger charge is 2.26. The van der Waals surface area contributed by atoms with Crippen LogP contribution in [0.2, 0.25) is 0 Å². The van der Waals surface area contributed by atoms with Gasteiger partial charge in [0.05, 0.1) is 23.7 Å². The third-order valence-electron chi connectivity index (χ3n) is 3.63. The number of benzene rings is 1. The van der Waals surface area contributed by atoms with Gasteiger partial charge in [-0.2, -0.15) is 15.6 Å². The minimum absolute atomic E-state index is 0.0289. The lowest BCUT2D eigenvalue weighted by atomic mass is 10.2. The summed E-state index contributed by atoms with van der Waals surface area (Å²) in [5, 5.41) is 3.51. The molecule has 3 rings (SSSR count). The van der Waals surface area contributed by atoms with E-state index in [1.54, 1.807) is 41.1 Å². The first-order chi connectivity index (χ1) is 11.6. The maximum Gasteiger partial charge on any atom is 0.339 e. The van der Waals surface area contributed by atoms with Crippen molar-refractivity contribution in [1.29, 1.82) is 0 Å². The second kappa shape index (κ2) is 7.43. The molecule has 0 unspecified atom stereocenters. The maximum absolute atomic E-state index is 12.6. The fourth-order valence-electron chi connectivity index (χ4n) is 2.34. The molecular formula is C16H17NO5S2. The van der Waals surface area contributed by atoms with Gasteiger partial charge in [-0.25, -0.2) is 13.2 Å². The molecule has 1 aliphatic heterocycles. The minimum atomic E-state index is -3.55. The number of thiophene rings is 1. The van der Waals surface area contributed by atoms with Crippen LogP contribution < -0.4 is 0 Å². The van der Waals surface area contributed by atoms with E-state index in [4.69, 9.17) is 9.47 Å². The van der Waals surface area contributed by atoms with Crippen molar-refractivity contribution in [3.8, 4) is 0 Å². The van der Waals surface area contributed by atoms with Crippen molar-refractivity contribution in [3.05, 3.63) is 52.2 Å². The largest absolute Gasteiger partial charge is 0.457 e. The molecule has 1 aromatic heterocycles. The van der Waals surface area contributed by atoms with Gasteiger partial charge in [-0.3, -0.25) is 0 Å². The lowest BCUT2D eigenvalue weighted by Crippen LogP contribution is -2.40. The van der Waals surface area contributed by atoms with Gasteiger partial charge in [-0.05, 0) is 29.1 Å². The van der Waals surface area contributed by atoms with Gasteiger partial charge in [-0.1, -0.05) is 12.1 Å². The van der Waals surface area contributed by atoms with Crippen LogP contribution in [0.15, 0.2) is 46.0 Å². The Morgan fingerprint density at radius 2 is 2.04 bits per heavy atom. The highest BCUT2D eigenvalue weighted by molar-refractivity contribution is 7.89. The van der Waals surface area contributed by atoms with Gasteiger partial charge in [0.15, 0.2) is 0 Å². The molecule has 0 saturated carbocycles. The monoisotopic (exact) mass is 367 g/mol. The average molecular weight is 367 g/mol. The number of carbonyl (C=O) groups is 1. The molecule has 128 valence electrons. The smallest absolute Gasteiger partial charge is 0.339 e. The lowest BCUT2D eigenvalue weighted by Gasteiger charge is -2.26. The molecule has 0 aliphatic carbocycles. The van der Waals surface area contributed by atoms with E-state index < -0.39 is 16.0 Å². The molecule has 8 heteroatoms. The van der Waals surface area contributed by atoms with Crippen LogP contribution in [0.3, 0.4) is 0 Å². The van der Waals surface area contributed by atoms with Crippen molar-refractivity contribution in [3.63, 3.8) is 0 Å². The van der Waals surface area contributed by atoms with E-state index in [2.05, 4.69) is 0 Å². The molecule has 2 heterocycles. The summed E-state index contributed by atoms with van der Waals surface area (Å²) in [7, 11) is -3.55. The van der Waals surface area contributed by atoms with Crippen LogP contribution in [0.4, 0.5) is 0 Å². The van der Waals surface area contributed by atoms with E-state index in [0.29, 0.717) is 37.4 Å². The topological polar surface area (TPSA) is 72.9 Å². The summed E-state index contributed by atoms with van der Waals surface area (Å²) >= 11 is 1.42. The van der Waals surface area contributed by atoms with Crippen LogP contribution in [0, 0.1) is 0 Å². The number of morpholine rings is 1. The molecule has 1 aromatic carbocycles. The number of sulfonamides is 1. The van der Waals surface area contributed by atoms with Crippen LogP contribution in [-0.2, 0) is 26.1 Å². The highest BCUT2D eigenvalue weighted by Crippen LogP contribution is 2.19. The van der Waals surface area contributed by atoms with E-state index in [0.717, 1.165) is 0 Å². The molecule has 2 aromatic rings. The predicted molar refractivity (Wildman–Crippen MR) is 89.5 cm³/mol. The first kappa shape index (κ1) is 17.1. The number of rotatable bonds is 5. The van der Waals surface area contributed by atoms with Crippen molar-refractivity contribution in [2.75, 3.05) is 26.3 Å². The Kier molecular flexibility index (Phi) is 5.30. The standard InChI is InChI=1S/C16H17NO5S2/c18-16(14-4-9-23-12-14)22-11-13-2-1-3-15(10-13)24(19,20)17-5-7-21-8-6-17/h1-4,9-10,12H,5-8,11H2. The van der Waals surface area contributed by atoms with Crippen LogP contribution >= 0.6 is 11.3 Å². The first-order valence-corrected chi connectivity index (χ1v) is 9.82.